The Morgan fingerprint density at radius 2 is 1.90 bits per heavy atom. The highest BCUT2D eigenvalue weighted by Crippen LogP contribution is 2.25. The van der Waals surface area contributed by atoms with Crippen LogP contribution in [0, 0.1) is 0 Å². The molecule has 20 heavy (non-hydrogen) atoms. The number of carbonyl (C=O) groups is 1. The summed E-state index contributed by atoms with van der Waals surface area (Å²) >= 11 is 4.45. The molecule has 1 aromatic heterocycles. The topological polar surface area (TPSA) is 60.4 Å². The van der Waals surface area contributed by atoms with E-state index in [1.165, 1.54) is 30.6 Å². The lowest BCUT2D eigenvalue weighted by atomic mass is 10.3. The van der Waals surface area contributed by atoms with Crippen LogP contribution in [0.1, 0.15) is 9.67 Å². The van der Waals surface area contributed by atoms with Crippen LogP contribution in [0.2, 0.25) is 0 Å². The average Bonchev–Trinajstić information content (AvgIpc) is 2.84. The van der Waals surface area contributed by atoms with Crippen LogP contribution >= 0.6 is 27.3 Å². The number of sulfone groups is 1. The van der Waals surface area contributed by atoms with Crippen LogP contribution in [0.25, 0.3) is 0 Å². The fraction of sp³-hybridized carbons (Fsp3) is 0.154. The van der Waals surface area contributed by atoms with E-state index in [1.54, 1.807) is 23.6 Å². The second-order valence-corrected chi connectivity index (χ2v) is 7.72. The Balaban J connectivity index is 2.22. The summed E-state index contributed by atoms with van der Waals surface area (Å²) in [4.78, 5) is 12.5. The van der Waals surface area contributed by atoms with Crippen molar-refractivity contribution in [2.75, 3.05) is 12.9 Å². The van der Waals surface area contributed by atoms with Gasteiger partial charge >= 0.3 is 0 Å². The summed E-state index contributed by atoms with van der Waals surface area (Å²) in [7, 11) is -2.15. The lowest BCUT2D eigenvalue weighted by molar-refractivity contribution is 0.102. The number of hydrogen-bond donors (Lipinski definition) is 0. The second kappa shape index (κ2) is 6.07. The zero-order chi connectivity index (χ0) is 14.8. The zero-order valence-electron chi connectivity index (χ0n) is 10.5. The molecule has 0 bridgehead atoms. The third kappa shape index (κ3) is 3.28. The SMILES string of the molecule is COc1ccc(S(=O)(=O)CC(=O)c2sccc2Br)cc1. The lowest BCUT2D eigenvalue weighted by Gasteiger charge is -2.05. The summed E-state index contributed by atoms with van der Waals surface area (Å²) in [6.07, 6.45) is 0. The van der Waals surface area contributed by atoms with Crippen molar-refractivity contribution < 1.29 is 17.9 Å². The average molecular weight is 375 g/mol. The fourth-order valence-electron chi connectivity index (χ4n) is 1.60. The molecule has 0 radical (unpaired) electrons. The summed E-state index contributed by atoms with van der Waals surface area (Å²) < 4.78 is 29.9. The van der Waals surface area contributed by atoms with Crippen molar-refractivity contribution in [1.82, 2.24) is 0 Å². The molecule has 0 amide bonds. The van der Waals surface area contributed by atoms with E-state index in [2.05, 4.69) is 15.9 Å². The van der Waals surface area contributed by atoms with Crippen LogP contribution in [-0.4, -0.2) is 27.1 Å². The molecule has 0 saturated heterocycles. The van der Waals surface area contributed by atoms with E-state index in [0.29, 0.717) is 15.1 Å². The van der Waals surface area contributed by atoms with E-state index in [0.717, 1.165) is 0 Å². The Bertz CT molecular complexity index is 717. The Labute approximate surface area is 129 Å². The molecule has 0 aliphatic heterocycles. The van der Waals surface area contributed by atoms with E-state index in [9.17, 15) is 13.2 Å². The first kappa shape index (κ1) is 15.2. The first-order valence-corrected chi connectivity index (χ1v) is 8.89. The van der Waals surface area contributed by atoms with Gasteiger partial charge in [0, 0.05) is 4.47 Å². The van der Waals surface area contributed by atoms with Gasteiger partial charge in [0.15, 0.2) is 15.6 Å². The lowest BCUT2D eigenvalue weighted by Crippen LogP contribution is -2.15. The monoisotopic (exact) mass is 374 g/mol. The molecule has 0 atom stereocenters. The van der Waals surface area contributed by atoms with Crippen LogP contribution in [0.15, 0.2) is 45.1 Å². The van der Waals surface area contributed by atoms with Crippen molar-refractivity contribution in [1.29, 1.82) is 0 Å². The number of hydrogen-bond acceptors (Lipinski definition) is 5. The summed E-state index contributed by atoms with van der Waals surface area (Å²) in [6.45, 7) is 0. The molecule has 1 heterocycles. The number of thiophene rings is 1. The first-order valence-electron chi connectivity index (χ1n) is 5.57. The van der Waals surface area contributed by atoms with Crippen LogP contribution in [0.3, 0.4) is 0 Å². The normalized spacial score (nSPS) is 11.3. The summed E-state index contributed by atoms with van der Waals surface area (Å²) in [5, 5.41) is 1.73. The molecule has 2 aromatic rings. The maximum absolute atomic E-state index is 12.2. The smallest absolute Gasteiger partial charge is 0.189 e. The molecule has 0 aliphatic rings. The van der Waals surface area contributed by atoms with E-state index in [4.69, 9.17) is 4.74 Å². The molecule has 1 aromatic carbocycles. The Morgan fingerprint density at radius 1 is 1.25 bits per heavy atom. The highest BCUT2D eigenvalue weighted by molar-refractivity contribution is 9.10. The number of benzene rings is 1. The summed E-state index contributed by atoms with van der Waals surface area (Å²) in [5.41, 5.74) is 0. The van der Waals surface area contributed by atoms with Gasteiger partial charge in [-0.15, -0.1) is 11.3 Å². The molecular weight excluding hydrogens is 364 g/mol. The number of Topliss-reactive ketones (excluding diaryl/α,β-unsaturated/α-hetero) is 1. The molecule has 0 saturated carbocycles. The maximum Gasteiger partial charge on any atom is 0.189 e. The van der Waals surface area contributed by atoms with Gasteiger partial charge in [0.05, 0.1) is 16.9 Å². The molecule has 0 fully saturated rings. The van der Waals surface area contributed by atoms with Gasteiger partial charge in [-0.3, -0.25) is 4.79 Å². The minimum Gasteiger partial charge on any atom is -0.497 e. The van der Waals surface area contributed by atoms with Crippen molar-refractivity contribution in [2.24, 2.45) is 0 Å². The number of halogens is 1. The number of rotatable bonds is 5. The van der Waals surface area contributed by atoms with E-state index in [1.807, 2.05) is 0 Å². The van der Waals surface area contributed by atoms with Crippen molar-refractivity contribution in [2.45, 2.75) is 4.90 Å². The largest absolute Gasteiger partial charge is 0.497 e. The van der Waals surface area contributed by atoms with Gasteiger partial charge in [0.25, 0.3) is 0 Å². The quantitative estimate of drug-likeness (QED) is 0.754. The predicted octanol–water partition coefficient (Wildman–Crippen LogP) is 3.18. The summed E-state index contributed by atoms with van der Waals surface area (Å²) in [6, 6.07) is 7.70. The third-order valence-corrected chi connectivity index (χ3v) is 6.12. The van der Waals surface area contributed by atoms with Crippen LogP contribution in [0.4, 0.5) is 0 Å². The van der Waals surface area contributed by atoms with Crippen LogP contribution < -0.4 is 4.74 Å². The van der Waals surface area contributed by atoms with E-state index in [-0.39, 0.29) is 4.90 Å². The molecule has 0 unspecified atom stereocenters. The van der Waals surface area contributed by atoms with Crippen LogP contribution in [0.5, 0.6) is 5.75 Å². The minimum absolute atomic E-state index is 0.110. The number of methoxy groups -OCH3 is 1. The van der Waals surface area contributed by atoms with E-state index < -0.39 is 21.4 Å². The van der Waals surface area contributed by atoms with E-state index >= 15 is 0 Å². The predicted molar refractivity (Wildman–Crippen MR) is 81.4 cm³/mol. The van der Waals surface area contributed by atoms with Crippen molar-refractivity contribution >= 4 is 42.9 Å². The van der Waals surface area contributed by atoms with Gasteiger partial charge in [0.1, 0.15) is 11.5 Å². The molecule has 0 spiro atoms. The first-order chi connectivity index (χ1) is 9.44. The number of carbonyl (C=O) groups excluding carboxylic acids is 1. The molecular formula is C13H11BrO4S2. The Hall–Kier alpha value is -1.18. The zero-order valence-corrected chi connectivity index (χ0v) is 13.7. The molecule has 4 nitrogen and oxygen atoms in total. The van der Waals surface area contributed by atoms with Gasteiger partial charge in [-0.05, 0) is 51.6 Å². The Kier molecular flexibility index (Phi) is 4.62. The molecule has 7 heteroatoms. The summed E-state index contributed by atoms with van der Waals surface area (Å²) in [5.74, 6) is -0.391. The van der Waals surface area contributed by atoms with Crippen molar-refractivity contribution in [3.05, 3.63) is 45.1 Å². The van der Waals surface area contributed by atoms with Crippen LogP contribution in [-0.2, 0) is 9.84 Å². The standard InChI is InChI=1S/C13H11BrO4S2/c1-18-9-2-4-10(5-3-9)20(16,17)8-12(15)13-11(14)6-7-19-13/h2-7H,8H2,1H3. The maximum atomic E-state index is 12.2. The number of ether oxygens (including phenoxy) is 1. The van der Waals surface area contributed by atoms with Gasteiger partial charge < -0.3 is 4.74 Å². The van der Waals surface area contributed by atoms with Gasteiger partial charge in [-0.1, -0.05) is 0 Å². The fourth-order valence-corrected chi connectivity index (χ4v) is 4.43. The minimum atomic E-state index is -3.65. The highest BCUT2D eigenvalue weighted by Gasteiger charge is 2.22. The number of ketones is 1. The molecule has 2 rings (SSSR count). The third-order valence-electron chi connectivity index (χ3n) is 2.61. The highest BCUT2D eigenvalue weighted by atomic mass is 79.9. The van der Waals surface area contributed by atoms with Gasteiger partial charge in [-0.2, -0.15) is 0 Å². The molecule has 0 aliphatic carbocycles. The molecule has 0 N–H and O–H groups in total. The Morgan fingerprint density at radius 3 is 2.40 bits per heavy atom. The molecule has 106 valence electrons. The second-order valence-electron chi connectivity index (χ2n) is 3.96. The van der Waals surface area contributed by atoms with Crippen molar-refractivity contribution in [3.8, 4) is 5.75 Å². The van der Waals surface area contributed by atoms with Gasteiger partial charge in [-0.25, -0.2) is 8.42 Å². The van der Waals surface area contributed by atoms with Gasteiger partial charge in [0.2, 0.25) is 0 Å². The van der Waals surface area contributed by atoms with Crippen molar-refractivity contribution in [3.63, 3.8) is 0 Å².